The smallest absolute Gasteiger partial charge is 0.148 e. The van der Waals surface area contributed by atoms with Gasteiger partial charge in [0.25, 0.3) is 0 Å². The third kappa shape index (κ3) is 3.20. The number of nitrogens with zero attached hydrogens (tertiary/aromatic N) is 2. The molecule has 1 aliphatic carbocycles. The molecule has 0 bridgehead atoms. The van der Waals surface area contributed by atoms with Crippen LogP contribution in [0.4, 0.5) is 5.82 Å². The Morgan fingerprint density at radius 1 is 1.11 bits per heavy atom. The zero-order chi connectivity index (χ0) is 13.1. The Balaban J connectivity index is 1.58. The van der Waals surface area contributed by atoms with Gasteiger partial charge in [0.05, 0.1) is 16.7 Å². The van der Waals surface area contributed by atoms with E-state index in [1.807, 2.05) is 31.2 Å². The van der Waals surface area contributed by atoms with E-state index in [1.165, 1.54) is 12.8 Å². The van der Waals surface area contributed by atoms with Gasteiger partial charge in [-0.1, -0.05) is 12.1 Å². The third-order valence-corrected chi connectivity index (χ3v) is 3.40. The number of nitrogens with one attached hydrogen (secondary N) is 2. The van der Waals surface area contributed by atoms with E-state index in [1.54, 1.807) is 0 Å². The van der Waals surface area contributed by atoms with Gasteiger partial charge in [-0.3, -0.25) is 0 Å². The molecule has 0 saturated heterocycles. The van der Waals surface area contributed by atoms with Crippen LogP contribution in [0.5, 0.6) is 0 Å². The van der Waals surface area contributed by atoms with Gasteiger partial charge in [0.1, 0.15) is 5.82 Å². The minimum absolute atomic E-state index is 0.794. The van der Waals surface area contributed by atoms with E-state index in [9.17, 15) is 0 Å². The van der Waals surface area contributed by atoms with Gasteiger partial charge >= 0.3 is 0 Å². The average Bonchev–Trinajstić information content (AvgIpc) is 3.23. The van der Waals surface area contributed by atoms with Crippen molar-refractivity contribution in [3.05, 3.63) is 30.0 Å². The van der Waals surface area contributed by atoms with Crippen molar-refractivity contribution < 1.29 is 0 Å². The van der Waals surface area contributed by atoms with Gasteiger partial charge in [-0.2, -0.15) is 0 Å². The van der Waals surface area contributed by atoms with Crippen LogP contribution in [0.15, 0.2) is 24.3 Å². The van der Waals surface area contributed by atoms with Gasteiger partial charge in [0.15, 0.2) is 0 Å². The molecule has 1 saturated carbocycles. The van der Waals surface area contributed by atoms with Crippen molar-refractivity contribution >= 4 is 16.9 Å². The van der Waals surface area contributed by atoms with Crippen molar-refractivity contribution in [1.82, 2.24) is 15.3 Å². The average molecular weight is 256 g/mol. The minimum atomic E-state index is 0.794. The lowest BCUT2D eigenvalue weighted by Gasteiger charge is -2.09. The normalized spacial score (nSPS) is 14.8. The van der Waals surface area contributed by atoms with Gasteiger partial charge in [-0.25, -0.2) is 9.97 Å². The predicted octanol–water partition coefficient (Wildman–Crippen LogP) is 2.49. The Kier molecular flexibility index (Phi) is 3.60. The van der Waals surface area contributed by atoms with Gasteiger partial charge in [0.2, 0.25) is 0 Å². The van der Waals surface area contributed by atoms with E-state index in [-0.39, 0.29) is 0 Å². The molecule has 2 N–H and O–H groups in total. The first kappa shape index (κ1) is 12.4. The highest BCUT2D eigenvalue weighted by Gasteiger charge is 2.19. The molecule has 19 heavy (non-hydrogen) atoms. The summed E-state index contributed by atoms with van der Waals surface area (Å²) in [4.78, 5) is 9.20. The lowest BCUT2D eigenvalue weighted by molar-refractivity contribution is 0.658. The molecule has 4 nitrogen and oxygen atoms in total. The van der Waals surface area contributed by atoms with Crippen LogP contribution in [0.2, 0.25) is 0 Å². The highest BCUT2D eigenvalue weighted by molar-refractivity contribution is 5.76. The van der Waals surface area contributed by atoms with Crippen LogP contribution in [0, 0.1) is 6.92 Å². The summed E-state index contributed by atoms with van der Waals surface area (Å²) >= 11 is 0. The maximum absolute atomic E-state index is 4.63. The SMILES string of the molecule is Cc1nc2ccccc2nc1NCCCNC1CC1. The molecule has 1 aromatic heterocycles. The summed E-state index contributed by atoms with van der Waals surface area (Å²) in [5.41, 5.74) is 2.88. The van der Waals surface area contributed by atoms with E-state index in [0.29, 0.717) is 0 Å². The molecular weight excluding hydrogens is 236 g/mol. The van der Waals surface area contributed by atoms with E-state index in [0.717, 1.165) is 48.1 Å². The molecule has 1 aromatic carbocycles. The van der Waals surface area contributed by atoms with Crippen molar-refractivity contribution in [2.45, 2.75) is 32.2 Å². The van der Waals surface area contributed by atoms with Crippen LogP contribution >= 0.6 is 0 Å². The fraction of sp³-hybridized carbons (Fsp3) is 0.467. The van der Waals surface area contributed by atoms with Crippen LogP contribution < -0.4 is 10.6 Å². The maximum Gasteiger partial charge on any atom is 0.148 e. The summed E-state index contributed by atoms with van der Waals surface area (Å²) in [6.45, 7) is 4.02. The molecule has 1 aliphatic rings. The number of anilines is 1. The first-order chi connectivity index (χ1) is 9.33. The summed E-state index contributed by atoms with van der Waals surface area (Å²) in [6, 6.07) is 8.78. The molecule has 0 atom stereocenters. The zero-order valence-electron chi connectivity index (χ0n) is 11.3. The number of fused-ring (bicyclic) bond motifs is 1. The number of para-hydroxylation sites is 2. The molecule has 4 heteroatoms. The van der Waals surface area contributed by atoms with Crippen LogP contribution in [-0.4, -0.2) is 29.1 Å². The van der Waals surface area contributed by atoms with Crippen LogP contribution in [-0.2, 0) is 0 Å². The van der Waals surface area contributed by atoms with E-state index in [4.69, 9.17) is 0 Å². The van der Waals surface area contributed by atoms with Crippen molar-refractivity contribution in [2.75, 3.05) is 18.4 Å². The standard InChI is InChI=1S/C15H20N4/c1-11-15(17-10-4-9-16-12-7-8-12)19-14-6-3-2-5-13(14)18-11/h2-3,5-6,12,16H,4,7-10H2,1H3,(H,17,19). The Labute approximate surface area is 113 Å². The van der Waals surface area contributed by atoms with Gasteiger partial charge in [-0.05, 0) is 44.9 Å². The van der Waals surface area contributed by atoms with Gasteiger partial charge < -0.3 is 10.6 Å². The fourth-order valence-electron chi connectivity index (χ4n) is 2.14. The monoisotopic (exact) mass is 256 g/mol. The summed E-state index contributed by atoms with van der Waals surface area (Å²) in [7, 11) is 0. The summed E-state index contributed by atoms with van der Waals surface area (Å²) in [5, 5.41) is 6.90. The number of aryl methyl sites for hydroxylation is 1. The topological polar surface area (TPSA) is 49.8 Å². The summed E-state index contributed by atoms with van der Waals surface area (Å²) in [6.07, 6.45) is 3.82. The first-order valence-corrected chi connectivity index (χ1v) is 7.03. The number of rotatable bonds is 6. The van der Waals surface area contributed by atoms with Gasteiger partial charge in [0, 0.05) is 12.6 Å². The number of aromatic nitrogens is 2. The Morgan fingerprint density at radius 2 is 1.84 bits per heavy atom. The van der Waals surface area contributed by atoms with Crippen LogP contribution in [0.1, 0.15) is 25.0 Å². The Hall–Kier alpha value is -1.68. The van der Waals surface area contributed by atoms with E-state index < -0.39 is 0 Å². The molecule has 100 valence electrons. The number of hydrogen-bond donors (Lipinski definition) is 2. The van der Waals surface area contributed by atoms with Crippen LogP contribution in [0.3, 0.4) is 0 Å². The molecule has 0 radical (unpaired) electrons. The molecule has 0 spiro atoms. The van der Waals surface area contributed by atoms with E-state index >= 15 is 0 Å². The molecule has 1 heterocycles. The zero-order valence-corrected chi connectivity index (χ0v) is 11.3. The minimum Gasteiger partial charge on any atom is -0.369 e. The second-order valence-corrected chi connectivity index (χ2v) is 5.16. The highest BCUT2D eigenvalue weighted by Crippen LogP contribution is 2.18. The van der Waals surface area contributed by atoms with Crippen molar-refractivity contribution in [2.24, 2.45) is 0 Å². The molecule has 2 aromatic rings. The molecule has 0 unspecified atom stereocenters. The summed E-state index contributed by atoms with van der Waals surface area (Å²) in [5.74, 6) is 0.908. The molecule has 3 rings (SSSR count). The Bertz CT molecular complexity index is 563. The van der Waals surface area contributed by atoms with Gasteiger partial charge in [-0.15, -0.1) is 0 Å². The second-order valence-electron chi connectivity index (χ2n) is 5.16. The number of benzene rings is 1. The third-order valence-electron chi connectivity index (χ3n) is 3.40. The molecule has 0 aliphatic heterocycles. The molecule has 1 fully saturated rings. The van der Waals surface area contributed by atoms with E-state index in [2.05, 4.69) is 20.6 Å². The second kappa shape index (κ2) is 5.53. The Morgan fingerprint density at radius 3 is 2.58 bits per heavy atom. The lowest BCUT2D eigenvalue weighted by atomic mass is 10.3. The number of hydrogen-bond acceptors (Lipinski definition) is 4. The lowest BCUT2D eigenvalue weighted by Crippen LogP contribution is -2.20. The highest BCUT2D eigenvalue weighted by atomic mass is 15.0. The summed E-state index contributed by atoms with van der Waals surface area (Å²) < 4.78 is 0. The maximum atomic E-state index is 4.63. The van der Waals surface area contributed by atoms with Crippen molar-refractivity contribution in [3.63, 3.8) is 0 Å². The fourth-order valence-corrected chi connectivity index (χ4v) is 2.14. The molecule has 0 amide bonds. The van der Waals surface area contributed by atoms with Crippen molar-refractivity contribution in [1.29, 1.82) is 0 Å². The molecular formula is C15H20N4. The quantitative estimate of drug-likeness (QED) is 0.780. The van der Waals surface area contributed by atoms with Crippen LogP contribution in [0.25, 0.3) is 11.0 Å². The first-order valence-electron chi connectivity index (χ1n) is 7.03. The van der Waals surface area contributed by atoms with Crippen molar-refractivity contribution in [3.8, 4) is 0 Å². The largest absolute Gasteiger partial charge is 0.369 e. The predicted molar refractivity (Wildman–Crippen MR) is 78.4 cm³/mol.